The zero-order valence-electron chi connectivity index (χ0n) is 12.6. The molecule has 0 spiro atoms. The van der Waals surface area contributed by atoms with Gasteiger partial charge in [-0.25, -0.2) is 4.98 Å². The van der Waals surface area contributed by atoms with Crippen LogP contribution in [-0.2, 0) is 19.4 Å². The highest BCUT2D eigenvalue weighted by atomic mass is 35.5. The molecule has 0 unspecified atom stereocenters. The second-order valence-electron chi connectivity index (χ2n) is 4.92. The number of aromatic nitrogens is 2. The first-order chi connectivity index (χ1) is 10.6. The van der Waals surface area contributed by atoms with Gasteiger partial charge in [-0.15, -0.1) is 6.58 Å². The van der Waals surface area contributed by atoms with E-state index in [1.165, 1.54) is 0 Å². The number of hydrogen-bond donors (Lipinski definition) is 1. The highest BCUT2D eigenvalue weighted by molar-refractivity contribution is 6.30. The van der Waals surface area contributed by atoms with Crippen LogP contribution in [0.2, 0.25) is 5.02 Å². The molecular formula is C17H19ClN2O2. The van der Waals surface area contributed by atoms with Crippen LogP contribution in [0.5, 0.6) is 5.75 Å². The standard InChI is InChI=1S/C17H19ClN2O2/c1-3-5-14-15(6-4-2)19-16(20-17(14)21)11-22-13-9-7-12(18)8-10-13/h3,7-10H,1,4-6,11H2,2H3,(H,19,20,21). The van der Waals surface area contributed by atoms with Crippen molar-refractivity contribution < 1.29 is 4.74 Å². The maximum atomic E-state index is 12.2. The molecule has 116 valence electrons. The molecular weight excluding hydrogens is 300 g/mol. The van der Waals surface area contributed by atoms with E-state index >= 15 is 0 Å². The Morgan fingerprint density at radius 1 is 1.36 bits per heavy atom. The lowest BCUT2D eigenvalue weighted by Gasteiger charge is -2.10. The van der Waals surface area contributed by atoms with Gasteiger partial charge >= 0.3 is 0 Å². The van der Waals surface area contributed by atoms with Crippen molar-refractivity contribution in [2.75, 3.05) is 0 Å². The topological polar surface area (TPSA) is 55.0 Å². The van der Waals surface area contributed by atoms with Crippen LogP contribution < -0.4 is 10.3 Å². The number of nitrogens with zero attached hydrogens (tertiary/aromatic N) is 1. The summed E-state index contributed by atoms with van der Waals surface area (Å²) in [5.74, 6) is 1.20. The van der Waals surface area contributed by atoms with Gasteiger partial charge in [0.25, 0.3) is 5.56 Å². The molecule has 1 heterocycles. The van der Waals surface area contributed by atoms with E-state index in [4.69, 9.17) is 16.3 Å². The molecule has 0 aliphatic carbocycles. The van der Waals surface area contributed by atoms with E-state index in [0.29, 0.717) is 28.6 Å². The van der Waals surface area contributed by atoms with Crippen LogP contribution in [0.4, 0.5) is 0 Å². The molecule has 22 heavy (non-hydrogen) atoms. The van der Waals surface area contributed by atoms with Crippen molar-refractivity contribution in [1.82, 2.24) is 9.97 Å². The molecule has 0 fully saturated rings. The minimum absolute atomic E-state index is 0.118. The van der Waals surface area contributed by atoms with E-state index in [0.717, 1.165) is 18.5 Å². The lowest BCUT2D eigenvalue weighted by Crippen LogP contribution is -2.21. The fourth-order valence-corrected chi connectivity index (χ4v) is 2.27. The molecule has 1 aromatic heterocycles. The largest absolute Gasteiger partial charge is 0.486 e. The van der Waals surface area contributed by atoms with Crippen LogP contribution in [0.15, 0.2) is 41.7 Å². The van der Waals surface area contributed by atoms with E-state index in [1.807, 2.05) is 0 Å². The zero-order chi connectivity index (χ0) is 15.9. The van der Waals surface area contributed by atoms with Crippen LogP contribution in [0.1, 0.15) is 30.4 Å². The number of ether oxygens (including phenoxy) is 1. The maximum Gasteiger partial charge on any atom is 0.254 e. The molecule has 0 atom stereocenters. The van der Waals surface area contributed by atoms with E-state index < -0.39 is 0 Å². The quantitative estimate of drug-likeness (QED) is 0.792. The highest BCUT2D eigenvalue weighted by Gasteiger charge is 2.10. The maximum absolute atomic E-state index is 12.2. The summed E-state index contributed by atoms with van der Waals surface area (Å²) >= 11 is 5.83. The summed E-state index contributed by atoms with van der Waals surface area (Å²) in [5.41, 5.74) is 1.39. The molecule has 0 radical (unpaired) electrons. The summed E-state index contributed by atoms with van der Waals surface area (Å²) in [6.07, 6.45) is 3.93. The minimum Gasteiger partial charge on any atom is -0.486 e. The monoisotopic (exact) mass is 318 g/mol. The number of benzene rings is 1. The molecule has 2 rings (SSSR count). The number of aryl methyl sites for hydroxylation is 1. The summed E-state index contributed by atoms with van der Waals surface area (Å²) in [4.78, 5) is 19.5. The predicted octanol–water partition coefficient (Wildman–Crippen LogP) is 3.68. The molecule has 4 nitrogen and oxygen atoms in total. The number of hydrogen-bond acceptors (Lipinski definition) is 3. The van der Waals surface area contributed by atoms with Crippen molar-refractivity contribution in [3.63, 3.8) is 0 Å². The molecule has 1 aromatic carbocycles. The lowest BCUT2D eigenvalue weighted by molar-refractivity contribution is 0.294. The van der Waals surface area contributed by atoms with Crippen LogP contribution in [0.3, 0.4) is 0 Å². The Balaban J connectivity index is 2.18. The van der Waals surface area contributed by atoms with Gasteiger partial charge in [-0.3, -0.25) is 4.79 Å². The van der Waals surface area contributed by atoms with Crippen molar-refractivity contribution in [3.05, 3.63) is 69.4 Å². The second-order valence-corrected chi connectivity index (χ2v) is 5.36. The number of halogens is 1. The van der Waals surface area contributed by atoms with E-state index in [-0.39, 0.29) is 12.2 Å². The number of H-pyrrole nitrogens is 1. The number of rotatable bonds is 7. The first-order valence-corrected chi connectivity index (χ1v) is 7.62. The minimum atomic E-state index is -0.118. The van der Waals surface area contributed by atoms with E-state index in [2.05, 4.69) is 23.5 Å². The molecule has 0 aliphatic rings. The van der Waals surface area contributed by atoms with Crippen molar-refractivity contribution in [2.45, 2.75) is 32.8 Å². The second kappa shape index (κ2) is 7.80. The average Bonchev–Trinajstić information content (AvgIpc) is 2.50. The fraction of sp³-hybridized carbons (Fsp3) is 0.294. The number of aromatic amines is 1. The first kappa shape index (κ1) is 16.3. The Bertz CT molecular complexity index is 693. The number of allylic oxidation sites excluding steroid dienone is 1. The molecule has 2 aromatic rings. The zero-order valence-corrected chi connectivity index (χ0v) is 13.3. The van der Waals surface area contributed by atoms with Crippen LogP contribution in [0, 0.1) is 0 Å². The molecule has 0 saturated carbocycles. The average molecular weight is 319 g/mol. The van der Waals surface area contributed by atoms with Gasteiger partial charge in [0.05, 0.1) is 5.69 Å². The van der Waals surface area contributed by atoms with Gasteiger partial charge in [0, 0.05) is 10.6 Å². The Labute approximate surface area is 134 Å². The summed E-state index contributed by atoms with van der Waals surface area (Å²) in [6, 6.07) is 7.06. The molecule has 5 heteroatoms. The van der Waals surface area contributed by atoms with Gasteiger partial charge in [-0.05, 0) is 37.1 Å². The van der Waals surface area contributed by atoms with Gasteiger partial charge in [0.15, 0.2) is 0 Å². The Morgan fingerprint density at radius 3 is 2.73 bits per heavy atom. The van der Waals surface area contributed by atoms with Gasteiger partial charge in [0.1, 0.15) is 18.2 Å². The number of nitrogens with one attached hydrogen (secondary N) is 1. The normalized spacial score (nSPS) is 10.5. The summed E-state index contributed by atoms with van der Waals surface area (Å²) in [7, 11) is 0. The fourth-order valence-electron chi connectivity index (χ4n) is 2.15. The SMILES string of the molecule is C=CCc1c(CCC)nc(COc2ccc(Cl)cc2)[nH]c1=O. The molecule has 1 N–H and O–H groups in total. The van der Waals surface area contributed by atoms with Gasteiger partial charge < -0.3 is 9.72 Å². The molecule has 0 amide bonds. The summed E-state index contributed by atoms with van der Waals surface area (Å²) in [6.45, 7) is 5.96. The van der Waals surface area contributed by atoms with E-state index in [1.54, 1.807) is 30.3 Å². The Morgan fingerprint density at radius 2 is 2.09 bits per heavy atom. The van der Waals surface area contributed by atoms with E-state index in [9.17, 15) is 4.79 Å². The third-order valence-electron chi connectivity index (χ3n) is 3.17. The predicted molar refractivity (Wildman–Crippen MR) is 88.5 cm³/mol. The molecule has 0 aliphatic heterocycles. The Hall–Kier alpha value is -2.07. The summed E-state index contributed by atoms with van der Waals surface area (Å²) in [5, 5.41) is 0.651. The summed E-state index contributed by atoms with van der Waals surface area (Å²) < 4.78 is 5.62. The van der Waals surface area contributed by atoms with Crippen LogP contribution in [-0.4, -0.2) is 9.97 Å². The van der Waals surface area contributed by atoms with Gasteiger partial charge in [-0.1, -0.05) is 31.0 Å². The van der Waals surface area contributed by atoms with Crippen molar-refractivity contribution in [3.8, 4) is 5.75 Å². The van der Waals surface area contributed by atoms with Crippen molar-refractivity contribution in [2.24, 2.45) is 0 Å². The third-order valence-corrected chi connectivity index (χ3v) is 3.43. The smallest absolute Gasteiger partial charge is 0.254 e. The van der Waals surface area contributed by atoms with Gasteiger partial charge in [0.2, 0.25) is 0 Å². The molecule has 0 saturated heterocycles. The van der Waals surface area contributed by atoms with Crippen LogP contribution in [0.25, 0.3) is 0 Å². The highest BCUT2D eigenvalue weighted by Crippen LogP contribution is 2.16. The Kier molecular flexibility index (Phi) is 5.78. The van der Waals surface area contributed by atoms with Gasteiger partial charge in [-0.2, -0.15) is 0 Å². The van der Waals surface area contributed by atoms with Crippen molar-refractivity contribution in [1.29, 1.82) is 0 Å². The van der Waals surface area contributed by atoms with Crippen LogP contribution >= 0.6 is 11.6 Å². The first-order valence-electron chi connectivity index (χ1n) is 7.24. The molecule has 0 bridgehead atoms. The lowest BCUT2D eigenvalue weighted by atomic mass is 10.1. The van der Waals surface area contributed by atoms with Crippen molar-refractivity contribution >= 4 is 11.6 Å². The third kappa shape index (κ3) is 4.21.